The topological polar surface area (TPSA) is 75.7 Å². The number of hydrogen-bond acceptors (Lipinski definition) is 5. The van der Waals surface area contributed by atoms with Crippen molar-refractivity contribution in [2.75, 3.05) is 16.7 Å². The Morgan fingerprint density at radius 1 is 1.06 bits per heavy atom. The van der Waals surface area contributed by atoms with Crippen LogP contribution in [0.25, 0.3) is 0 Å². The molecule has 0 amide bonds. The van der Waals surface area contributed by atoms with Gasteiger partial charge in [0.2, 0.25) is 5.78 Å². The van der Waals surface area contributed by atoms with Gasteiger partial charge in [0.1, 0.15) is 5.75 Å². The maximum Gasteiger partial charge on any atom is 0.270 e. The normalized spacial score (nSPS) is 16.0. The summed E-state index contributed by atoms with van der Waals surface area (Å²) < 4.78 is 33.7. The molecule has 0 saturated heterocycles. The first-order valence-electron chi connectivity index (χ1n) is 9.84. The molecule has 0 aromatic heterocycles. The van der Waals surface area contributed by atoms with E-state index in [1.807, 2.05) is 37.3 Å². The number of rotatable bonds is 5. The summed E-state index contributed by atoms with van der Waals surface area (Å²) in [6.45, 7) is 1.93. The van der Waals surface area contributed by atoms with E-state index < -0.39 is 15.8 Å². The number of allylic oxidation sites excluding steroid dienone is 1. The standard InChI is InChI=1S/C24H21ClN2O4S/c1-16-12-20(22(31-2)13-19(16)25)26-14-23-24(28)18-10-6-7-11-21(18)27(32(23,29)30)15-17-8-4-3-5-9-17/h3-14,26H,15H2,1-2H3. The van der Waals surface area contributed by atoms with E-state index in [1.165, 1.54) is 17.6 Å². The molecular weight excluding hydrogens is 448 g/mol. The van der Waals surface area contributed by atoms with Crippen LogP contribution in [0.2, 0.25) is 5.02 Å². The number of benzene rings is 3. The number of methoxy groups -OCH3 is 1. The molecule has 1 aliphatic heterocycles. The minimum atomic E-state index is -4.12. The smallest absolute Gasteiger partial charge is 0.270 e. The molecule has 0 spiro atoms. The lowest BCUT2D eigenvalue weighted by Crippen LogP contribution is -2.39. The van der Waals surface area contributed by atoms with E-state index in [9.17, 15) is 13.2 Å². The van der Waals surface area contributed by atoms with Gasteiger partial charge in [-0.3, -0.25) is 9.10 Å². The summed E-state index contributed by atoms with van der Waals surface area (Å²) in [4.78, 5) is 12.8. The fraction of sp³-hybridized carbons (Fsp3) is 0.125. The fourth-order valence-corrected chi connectivity index (χ4v) is 5.21. The zero-order chi connectivity index (χ0) is 22.9. The number of sulfonamides is 1. The average Bonchev–Trinajstić information content (AvgIpc) is 2.79. The molecule has 1 N–H and O–H groups in total. The summed E-state index contributed by atoms with van der Waals surface area (Å²) >= 11 is 6.15. The first-order chi connectivity index (χ1) is 15.3. The maximum atomic E-state index is 13.5. The van der Waals surface area contributed by atoms with Crippen molar-refractivity contribution < 1.29 is 17.9 Å². The molecular formula is C24H21ClN2O4S. The van der Waals surface area contributed by atoms with E-state index in [4.69, 9.17) is 16.3 Å². The van der Waals surface area contributed by atoms with Gasteiger partial charge >= 0.3 is 0 Å². The third-order valence-corrected chi connectivity index (χ3v) is 7.39. The number of fused-ring (bicyclic) bond motifs is 1. The van der Waals surface area contributed by atoms with E-state index in [2.05, 4.69) is 5.32 Å². The molecule has 8 heteroatoms. The van der Waals surface area contributed by atoms with Crippen molar-refractivity contribution >= 4 is 38.8 Å². The maximum absolute atomic E-state index is 13.5. The van der Waals surface area contributed by atoms with Gasteiger partial charge in [0, 0.05) is 22.9 Å². The van der Waals surface area contributed by atoms with Crippen molar-refractivity contribution in [3.63, 3.8) is 0 Å². The minimum absolute atomic E-state index is 0.105. The largest absolute Gasteiger partial charge is 0.495 e. The number of ether oxygens (including phenoxy) is 1. The third-order valence-electron chi connectivity index (χ3n) is 5.22. The molecule has 6 nitrogen and oxygen atoms in total. The van der Waals surface area contributed by atoms with Crippen molar-refractivity contribution in [2.45, 2.75) is 13.5 Å². The van der Waals surface area contributed by atoms with Crippen molar-refractivity contribution in [3.05, 3.63) is 99.5 Å². The van der Waals surface area contributed by atoms with E-state index >= 15 is 0 Å². The summed E-state index contributed by atoms with van der Waals surface area (Å²) in [5.74, 6) is -0.137. The van der Waals surface area contributed by atoms with Crippen LogP contribution in [0.15, 0.2) is 77.8 Å². The van der Waals surface area contributed by atoms with E-state index in [1.54, 1.807) is 36.4 Å². The Morgan fingerprint density at radius 2 is 1.75 bits per heavy atom. The van der Waals surface area contributed by atoms with Crippen molar-refractivity contribution in [3.8, 4) is 5.75 Å². The van der Waals surface area contributed by atoms with Crippen molar-refractivity contribution in [1.29, 1.82) is 0 Å². The molecule has 1 aliphatic rings. The summed E-state index contributed by atoms with van der Waals surface area (Å²) in [6, 6.07) is 19.3. The highest BCUT2D eigenvalue weighted by Gasteiger charge is 2.40. The number of nitrogens with one attached hydrogen (secondary N) is 1. The van der Waals surface area contributed by atoms with Gasteiger partial charge in [0.25, 0.3) is 10.0 Å². The second kappa shape index (κ2) is 8.68. The Kier molecular flexibility index (Phi) is 5.95. The zero-order valence-electron chi connectivity index (χ0n) is 17.5. The Hall–Kier alpha value is -3.29. The molecule has 0 aliphatic carbocycles. The minimum Gasteiger partial charge on any atom is -0.495 e. The molecule has 0 saturated carbocycles. The number of aryl methyl sites for hydroxylation is 1. The molecule has 3 aromatic carbocycles. The molecule has 1 heterocycles. The van der Waals surface area contributed by atoms with Crippen LogP contribution in [0.1, 0.15) is 21.5 Å². The van der Waals surface area contributed by atoms with Crippen LogP contribution >= 0.6 is 11.6 Å². The Balaban J connectivity index is 1.79. The van der Waals surface area contributed by atoms with Gasteiger partial charge < -0.3 is 10.1 Å². The van der Waals surface area contributed by atoms with Crippen molar-refractivity contribution in [2.24, 2.45) is 0 Å². The quantitative estimate of drug-likeness (QED) is 0.524. The number of nitrogens with zero attached hydrogens (tertiary/aromatic N) is 1. The number of hydrogen-bond donors (Lipinski definition) is 1. The molecule has 164 valence electrons. The highest BCUT2D eigenvalue weighted by molar-refractivity contribution is 7.97. The molecule has 3 aromatic rings. The van der Waals surface area contributed by atoms with Gasteiger partial charge in [-0.2, -0.15) is 0 Å². The van der Waals surface area contributed by atoms with Crippen LogP contribution in [-0.4, -0.2) is 21.3 Å². The van der Waals surface area contributed by atoms with E-state index in [0.29, 0.717) is 27.7 Å². The van der Waals surface area contributed by atoms with E-state index in [-0.39, 0.29) is 11.4 Å². The summed E-state index contributed by atoms with van der Waals surface area (Å²) in [6.07, 6.45) is 1.22. The highest BCUT2D eigenvalue weighted by Crippen LogP contribution is 2.37. The third kappa shape index (κ3) is 3.97. The molecule has 0 fully saturated rings. The first kappa shape index (κ1) is 21.9. The number of halogens is 1. The predicted octanol–water partition coefficient (Wildman–Crippen LogP) is 5.14. The second-order valence-electron chi connectivity index (χ2n) is 7.30. The zero-order valence-corrected chi connectivity index (χ0v) is 19.1. The van der Waals surface area contributed by atoms with Gasteiger partial charge in [-0.25, -0.2) is 8.42 Å². The first-order valence-corrected chi connectivity index (χ1v) is 11.7. The lowest BCUT2D eigenvalue weighted by molar-refractivity contribution is 0.104. The SMILES string of the molecule is COc1cc(Cl)c(C)cc1NC=C1C(=O)c2ccccc2N(Cc2ccccc2)S1(=O)=O. The van der Waals surface area contributed by atoms with Gasteiger partial charge in [-0.05, 0) is 36.2 Å². The number of carbonyl (C=O) groups is 1. The number of Topliss-reactive ketones (excluding diaryl/α,β-unsaturated/α-hetero) is 1. The van der Waals surface area contributed by atoms with E-state index in [0.717, 1.165) is 11.1 Å². The van der Waals surface area contributed by atoms with Gasteiger partial charge in [-0.15, -0.1) is 0 Å². The monoisotopic (exact) mass is 468 g/mol. The van der Waals surface area contributed by atoms with Crippen LogP contribution < -0.4 is 14.4 Å². The predicted molar refractivity (Wildman–Crippen MR) is 127 cm³/mol. The molecule has 0 atom stereocenters. The lowest BCUT2D eigenvalue weighted by atomic mass is 10.1. The Morgan fingerprint density at radius 3 is 2.47 bits per heavy atom. The molecule has 0 bridgehead atoms. The number of ketones is 1. The highest BCUT2D eigenvalue weighted by atomic mass is 35.5. The fourth-order valence-electron chi connectivity index (χ4n) is 3.53. The number of carbonyl (C=O) groups excluding carboxylic acids is 1. The van der Waals surface area contributed by atoms with Crippen LogP contribution in [0.4, 0.5) is 11.4 Å². The molecule has 32 heavy (non-hydrogen) atoms. The summed E-state index contributed by atoms with van der Waals surface area (Å²) in [7, 11) is -2.63. The average molecular weight is 469 g/mol. The van der Waals surface area contributed by atoms with Gasteiger partial charge in [0.05, 0.1) is 25.0 Å². The van der Waals surface area contributed by atoms with Gasteiger partial charge in [-0.1, -0.05) is 54.1 Å². The molecule has 4 rings (SSSR count). The number of anilines is 2. The lowest BCUT2D eigenvalue weighted by Gasteiger charge is -2.31. The van der Waals surface area contributed by atoms with Crippen LogP contribution in [-0.2, 0) is 16.6 Å². The van der Waals surface area contributed by atoms with Crippen molar-refractivity contribution in [1.82, 2.24) is 0 Å². The van der Waals surface area contributed by atoms with Crippen LogP contribution in [0, 0.1) is 6.92 Å². The Labute approximate surface area is 192 Å². The molecule has 0 unspecified atom stereocenters. The second-order valence-corrected chi connectivity index (χ2v) is 9.54. The van der Waals surface area contributed by atoms with Gasteiger partial charge in [0.15, 0.2) is 4.91 Å². The van der Waals surface area contributed by atoms with Crippen LogP contribution in [0.5, 0.6) is 5.75 Å². The Bertz CT molecular complexity index is 1320. The van der Waals surface area contributed by atoms with Crippen LogP contribution in [0.3, 0.4) is 0 Å². The summed E-state index contributed by atoms with van der Waals surface area (Å²) in [5.41, 5.74) is 2.77. The summed E-state index contributed by atoms with van der Waals surface area (Å²) in [5, 5.41) is 3.45. The number of para-hydroxylation sites is 1. The molecule has 0 radical (unpaired) electrons.